The summed E-state index contributed by atoms with van der Waals surface area (Å²) in [6, 6.07) is 32.4. The SMILES string of the molecule is CCOC(Cc1ccc(OCCN(C)C2c3ccc(C)cc3CCc3ccc(Cc4ccccc4)cc32)cc1)C(=O)O. The van der Waals surface area contributed by atoms with Gasteiger partial charge in [-0.25, -0.2) is 4.79 Å². The summed E-state index contributed by atoms with van der Waals surface area (Å²) in [6.45, 7) is 5.65. The van der Waals surface area contributed by atoms with Crippen molar-refractivity contribution in [2.24, 2.45) is 0 Å². The molecule has 0 aliphatic heterocycles. The molecule has 5 heteroatoms. The number of hydrogen-bond acceptors (Lipinski definition) is 4. The van der Waals surface area contributed by atoms with Crippen LogP contribution < -0.4 is 4.74 Å². The van der Waals surface area contributed by atoms with Crippen molar-refractivity contribution in [1.29, 1.82) is 0 Å². The average Bonchev–Trinajstić information content (AvgIpc) is 3.14. The highest BCUT2D eigenvalue weighted by Gasteiger charge is 2.27. The molecule has 4 aromatic carbocycles. The topological polar surface area (TPSA) is 59.0 Å². The summed E-state index contributed by atoms with van der Waals surface area (Å²) in [5.41, 5.74) is 10.5. The largest absolute Gasteiger partial charge is 0.492 e. The summed E-state index contributed by atoms with van der Waals surface area (Å²) >= 11 is 0. The number of aryl methyl sites for hydroxylation is 3. The van der Waals surface area contributed by atoms with E-state index in [1.807, 2.05) is 24.3 Å². The van der Waals surface area contributed by atoms with Gasteiger partial charge in [-0.05, 0) is 91.2 Å². The number of aliphatic carboxylic acids is 1. The van der Waals surface area contributed by atoms with Gasteiger partial charge in [0.05, 0.1) is 6.04 Å². The maximum atomic E-state index is 11.4. The smallest absolute Gasteiger partial charge is 0.333 e. The van der Waals surface area contributed by atoms with Crippen LogP contribution >= 0.6 is 0 Å². The van der Waals surface area contributed by atoms with Gasteiger partial charge in [-0.2, -0.15) is 0 Å². The predicted molar refractivity (Wildman–Crippen MR) is 167 cm³/mol. The van der Waals surface area contributed by atoms with E-state index in [-0.39, 0.29) is 6.04 Å². The summed E-state index contributed by atoms with van der Waals surface area (Å²) in [6.07, 6.45) is 2.50. The fourth-order valence-corrected chi connectivity index (χ4v) is 5.99. The Hall–Kier alpha value is -3.93. The molecule has 0 fully saturated rings. The Morgan fingerprint density at radius 1 is 0.881 bits per heavy atom. The minimum absolute atomic E-state index is 0.145. The van der Waals surface area contributed by atoms with Gasteiger partial charge in [0.25, 0.3) is 0 Å². The number of rotatable bonds is 12. The molecule has 2 unspecified atom stereocenters. The lowest BCUT2D eigenvalue weighted by Crippen LogP contribution is -2.30. The van der Waals surface area contributed by atoms with Gasteiger partial charge in [-0.1, -0.05) is 84.4 Å². The number of benzene rings is 4. The number of likely N-dealkylation sites (N-methyl/N-ethyl adjacent to an activating group) is 1. The first-order chi connectivity index (χ1) is 20.4. The molecular formula is C37H41NO4. The van der Waals surface area contributed by atoms with Crippen LogP contribution in [0.4, 0.5) is 0 Å². The van der Waals surface area contributed by atoms with Crippen molar-refractivity contribution in [3.05, 3.63) is 136 Å². The number of carbonyl (C=O) groups is 1. The molecule has 0 spiro atoms. The summed E-state index contributed by atoms with van der Waals surface area (Å²) < 4.78 is 11.5. The zero-order chi connectivity index (χ0) is 29.5. The summed E-state index contributed by atoms with van der Waals surface area (Å²) in [7, 11) is 2.19. The van der Waals surface area contributed by atoms with Gasteiger partial charge in [0.2, 0.25) is 0 Å². The molecule has 4 aromatic rings. The van der Waals surface area contributed by atoms with Crippen LogP contribution in [0.15, 0.2) is 91.0 Å². The highest BCUT2D eigenvalue weighted by Crippen LogP contribution is 2.37. The highest BCUT2D eigenvalue weighted by atomic mass is 16.5. The normalized spacial score (nSPS) is 15.0. The van der Waals surface area contributed by atoms with E-state index in [1.165, 1.54) is 38.9 Å². The molecule has 1 aliphatic rings. The standard InChI is InChI=1S/C37H41NO4/c1-4-41-35(37(39)40)25-28-12-17-32(18-13-28)42-21-20-38(3)36-33-19-10-26(2)22-31(33)16-15-30-14-11-29(24-34(30)36)23-27-8-6-5-7-9-27/h5-14,17-19,22,24,35-36H,4,15-16,20-21,23,25H2,1-3H3,(H,39,40). The van der Waals surface area contributed by atoms with E-state index in [0.717, 1.165) is 37.1 Å². The summed E-state index contributed by atoms with van der Waals surface area (Å²) in [5, 5.41) is 9.38. The number of nitrogens with zero attached hydrogens (tertiary/aromatic N) is 1. The van der Waals surface area contributed by atoms with Crippen LogP contribution in [-0.4, -0.2) is 48.9 Å². The van der Waals surface area contributed by atoms with Crippen LogP contribution in [0, 0.1) is 6.92 Å². The van der Waals surface area contributed by atoms with Gasteiger partial charge in [-0.15, -0.1) is 0 Å². The molecule has 0 heterocycles. The van der Waals surface area contributed by atoms with E-state index in [9.17, 15) is 9.90 Å². The number of carboxylic acids is 1. The Balaban J connectivity index is 1.32. The number of ether oxygens (including phenoxy) is 2. The number of carboxylic acid groups (broad SMARTS) is 1. The van der Waals surface area contributed by atoms with Crippen molar-refractivity contribution in [1.82, 2.24) is 4.90 Å². The van der Waals surface area contributed by atoms with Crippen molar-refractivity contribution in [3.8, 4) is 5.75 Å². The van der Waals surface area contributed by atoms with E-state index >= 15 is 0 Å². The molecule has 1 N–H and O–H groups in total. The van der Waals surface area contributed by atoms with Crippen LogP contribution in [0.2, 0.25) is 0 Å². The third-order valence-corrected chi connectivity index (χ3v) is 8.15. The zero-order valence-corrected chi connectivity index (χ0v) is 24.9. The lowest BCUT2D eigenvalue weighted by molar-refractivity contribution is -0.149. The van der Waals surface area contributed by atoms with Gasteiger partial charge in [0, 0.05) is 19.6 Å². The van der Waals surface area contributed by atoms with Crippen molar-refractivity contribution in [3.63, 3.8) is 0 Å². The maximum Gasteiger partial charge on any atom is 0.333 e. The molecule has 0 radical (unpaired) electrons. The molecule has 218 valence electrons. The number of fused-ring (bicyclic) bond motifs is 2. The Kier molecular flexibility index (Phi) is 9.73. The van der Waals surface area contributed by atoms with Crippen LogP contribution in [0.25, 0.3) is 0 Å². The average molecular weight is 564 g/mol. The van der Waals surface area contributed by atoms with Gasteiger partial charge in [-0.3, -0.25) is 4.90 Å². The molecule has 0 amide bonds. The lowest BCUT2D eigenvalue weighted by Gasteiger charge is -2.31. The lowest BCUT2D eigenvalue weighted by atomic mass is 9.90. The third kappa shape index (κ3) is 7.28. The summed E-state index contributed by atoms with van der Waals surface area (Å²) in [4.78, 5) is 13.9. The Morgan fingerprint density at radius 2 is 1.62 bits per heavy atom. The first-order valence-electron chi connectivity index (χ1n) is 14.9. The molecule has 0 saturated heterocycles. The number of hydrogen-bond donors (Lipinski definition) is 1. The monoisotopic (exact) mass is 563 g/mol. The summed E-state index contributed by atoms with van der Waals surface area (Å²) in [5.74, 6) is -0.165. The van der Waals surface area contributed by atoms with Gasteiger partial charge < -0.3 is 14.6 Å². The maximum absolute atomic E-state index is 11.4. The van der Waals surface area contributed by atoms with Crippen molar-refractivity contribution >= 4 is 5.97 Å². The van der Waals surface area contributed by atoms with Gasteiger partial charge >= 0.3 is 5.97 Å². The first kappa shape index (κ1) is 29.6. The second-order valence-corrected chi connectivity index (χ2v) is 11.3. The second kappa shape index (κ2) is 13.8. The Labute approximate surface area is 249 Å². The fraction of sp³-hybridized carbons (Fsp3) is 0.324. The van der Waals surface area contributed by atoms with E-state index < -0.39 is 12.1 Å². The minimum Gasteiger partial charge on any atom is -0.492 e. The molecular weight excluding hydrogens is 522 g/mol. The van der Waals surface area contributed by atoms with E-state index in [2.05, 4.69) is 85.6 Å². The van der Waals surface area contributed by atoms with Crippen LogP contribution in [0.5, 0.6) is 5.75 Å². The van der Waals surface area contributed by atoms with Crippen molar-refractivity contribution in [2.75, 3.05) is 26.8 Å². The molecule has 5 rings (SSSR count). The molecule has 1 aliphatic carbocycles. The molecule has 2 atom stereocenters. The second-order valence-electron chi connectivity index (χ2n) is 11.3. The van der Waals surface area contributed by atoms with E-state index in [4.69, 9.17) is 9.47 Å². The van der Waals surface area contributed by atoms with Crippen LogP contribution in [0.1, 0.15) is 57.5 Å². The van der Waals surface area contributed by atoms with Gasteiger partial charge in [0.1, 0.15) is 12.4 Å². The predicted octanol–water partition coefficient (Wildman–Crippen LogP) is 6.82. The Bertz CT molecular complexity index is 1480. The minimum atomic E-state index is -0.941. The Morgan fingerprint density at radius 3 is 2.36 bits per heavy atom. The van der Waals surface area contributed by atoms with Crippen molar-refractivity contribution in [2.45, 2.75) is 51.7 Å². The van der Waals surface area contributed by atoms with Gasteiger partial charge in [0.15, 0.2) is 6.10 Å². The highest BCUT2D eigenvalue weighted by molar-refractivity contribution is 5.72. The van der Waals surface area contributed by atoms with Crippen LogP contribution in [0.3, 0.4) is 0 Å². The van der Waals surface area contributed by atoms with E-state index in [0.29, 0.717) is 19.6 Å². The van der Waals surface area contributed by atoms with Crippen molar-refractivity contribution < 1.29 is 19.4 Å². The molecule has 0 aromatic heterocycles. The molecule has 0 bridgehead atoms. The zero-order valence-electron chi connectivity index (χ0n) is 24.9. The molecule has 5 nitrogen and oxygen atoms in total. The molecule has 0 saturated carbocycles. The first-order valence-corrected chi connectivity index (χ1v) is 14.9. The van der Waals surface area contributed by atoms with E-state index in [1.54, 1.807) is 6.92 Å². The third-order valence-electron chi connectivity index (χ3n) is 8.15. The quantitative estimate of drug-likeness (QED) is 0.205. The van der Waals surface area contributed by atoms with Crippen LogP contribution in [-0.2, 0) is 35.2 Å². The molecule has 42 heavy (non-hydrogen) atoms. The fourth-order valence-electron chi connectivity index (χ4n) is 5.99.